The number of benzene rings is 1. The second kappa shape index (κ2) is 5.48. The van der Waals surface area contributed by atoms with E-state index in [-0.39, 0.29) is 5.75 Å². The molecule has 2 heterocycles. The first-order chi connectivity index (χ1) is 10.3. The Labute approximate surface area is 136 Å². The fourth-order valence-corrected chi connectivity index (χ4v) is 4.59. The molecule has 0 atom stereocenters. The molecule has 0 saturated carbocycles. The Morgan fingerprint density at radius 1 is 1.32 bits per heavy atom. The summed E-state index contributed by atoms with van der Waals surface area (Å²) in [6, 6.07) is 7.69. The summed E-state index contributed by atoms with van der Waals surface area (Å²) in [5.74, 6) is 0.207. The maximum absolute atomic E-state index is 12.1. The summed E-state index contributed by atoms with van der Waals surface area (Å²) < 4.78 is 23.5. The molecular weight excluding hydrogens is 320 g/mol. The van der Waals surface area contributed by atoms with Gasteiger partial charge in [-0.05, 0) is 37.6 Å². The molecule has 22 heavy (non-hydrogen) atoms. The molecule has 1 fully saturated rings. The van der Waals surface area contributed by atoms with E-state index < -0.39 is 14.6 Å². The highest BCUT2D eigenvalue weighted by molar-refractivity contribution is 7.92. The van der Waals surface area contributed by atoms with Crippen LogP contribution in [-0.4, -0.2) is 41.9 Å². The average molecular weight is 339 g/mol. The zero-order valence-electron chi connectivity index (χ0n) is 12.7. The number of halogens is 1. The predicted molar refractivity (Wildman–Crippen MR) is 89.9 cm³/mol. The topological polar surface area (TPSA) is 50.3 Å². The Morgan fingerprint density at radius 3 is 2.82 bits per heavy atom. The second-order valence-electron chi connectivity index (χ2n) is 6.40. The third-order valence-corrected chi connectivity index (χ3v) is 7.18. The first kappa shape index (κ1) is 15.7. The standard InChI is InChI=1S/C16H19ClN2O2S/c1-16(2)11-19(8-9-22(16,20)21)10-12-5-6-14(17)13-4-3-7-18-15(12)13/h3-7H,8-11H2,1-2H3. The molecule has 118 valence electrons. The van der Waals surface area contributed by atoms with Crippen molar-refractivity contribution in [2.45, 2.75) is 25.1 Å². The third kappa shape index (κ3) is 2.73. The van der Waals surface area contributed by atoms with Gasteiger partial charge in [0.1, 0.15) is 0 Å². The molecule has 0 amide bonds. The Hall–Kier alpha value is -1.17. The monoisotopic (exact) mass is 338 g/mol. The van der Waals surface area contributed by atoms with Gasteiger partial charge in [0.25, 0.3) is 0 Å². The lowest BCUT2D eigenvalue weighted by Gasteiger charge is -2.37. The van der Waals surface area contributed by atoms with E-state index >= 15 is 0 Å². The number of sulfone groups is 1. The van der Waals surface area contributed by atoms with Crippen molar-refractivity contribution in [1.29, 1.82) is 0 Å². The molecule has 4 nitrogen and oxygen atoms in total. The van der Waals surface area contributed by atoms with Crippen molar-refractivity contribution in [1.82, 2.24) is 9.88 Å². The van der Waals surface area contributed by atoms with Crippen LogP contribution in [0.4, 0.5) is 0 Å². The van der Waals surface area contributed by atoms with Gasteiger partial charge < -0.3 is 0 Å². The van der Waals surface area contributed by atoms with E-state index in [4.69, 9.17) is 11.6 Å². The molecular formula is C16H19ClN2O2S. The van der Waals surface area contributed by atoms with Crippen LogP contribution in [0.5, 0.6) is 0 Å². The van der Waals surface area contributed by atoms with Crippen molar-refractivity contribution in [3.8, 4) is 0 Å². The first-order valence-electron chi connectivity index (χ1n) is 7.27. The Kier molecular flexibility index (Phi) is 3.91. The third-order valence-electron chi connectivity index (χ3n) is 4.32. The van der Waals surface area contributed by atoms with Crippen LogP contribution < -0.4 is 0 Å². The summed E-state index contributed by atoms with van der Waals surface area (Å²) in [5.41, 5.74) is 1.97. The van der Waals surface area contributed by atoms with Crippen LogP contribution in [0.3, 0.4) is 0 Å². The lowest BCUT2D eigenvalue weighted by atomic mass is 10.1. The van der Waals surface area contributed by atoms with Crippen LogP contribution >= 0.6 is 11.6 Å². The van der Waals surface area contributed by atoms with E-state index in [1.54, 1.807) is 20.0 Å². The van der Waals surface area contributed by atoms with Gasteiger partial charge in [0.15, 0.2) is 9.84 Å². The molecule has 6 heteroatoms. The van der Waals surface area contributed by atoms with Crippen LogP contribution in [0.15, 0.2) is 30.5 Å². The summed E-state index contributed by atoms with van der Waals surface area (Å²) >= 11 is 6.22. The summed E-state index contributed by atoms with van der Waals surface area (Å²) in [4.78, 5) is 6.62. The Morgan fingerprint density at radius 2 is 2.09 bits per heavy atom. The number of hydrogen-bond acceptors (Lipinski definition) is 4. The molecule has 0 aliphatic carbocycles. The van der Waals surface area contributed by atoms with Crippen LogP contribution in [0.25, 0.3) is 10.9 Å². The van der Waals surface area contributed by atoms with Gasteiger partial charge in [-0.1, -0.05) is 17.7 Å². The molecule has 2 aromatic rings. The van der Waals surface area contributed by atoms with Crippen molar-refractivity contribution in [3.05, 3.63) is 41.0 Å². The molecule has 1 aromatic carbocycles. The summed E-state index contributed by atoms with van der Waals surface area (Å²) in [6.07, 6.45) is 1.76. The van der Waals surface area contributed by atoms with E-state index in [0.717, 1.165) is 16.5 Å². The van der Waals surface area contributed by atoms with Gasteiger partial charge in [-0.15, -0.1) is 0 Å². The lowest BCUT2D eigenvalue weighted by Crippen LogP contribution is -2.52. The Balaban J connectivity index is 1.91. The normalized spacial score (nSPS) is 21.0. The molecule has 1 saturated heterocycles. The zero-order valence-corrected chi connectivity index (χ0v) is 14.3. The van der Waals surface area contributed by atoms with Gasteiger partial charge in [-0.25, -0.2) is 8.42 Å². The molecule has 0 unspecified atom stereocenters. The van der Waals surface area contributed by atoms with Crippen LogP contribution in [0.2, 0.25) is 5.02 Å². The van der Waals surface area contributed by atoms with E-state index in [9.17, 15) is 8.42 Å². The van der Waals surface area contributed by atoms with Crippen molar-refractivity contribution in [2.75, 3.05) is 18.8 Å². The van der Waals surface area contributed by atoms with Crippen molar-refractivity contribution in [2.24, 2.45) is 0 Å². The SMILES string of the molecule is CC1(C)CN(Cc2ccc(Cl)c3cccnc23)CCS1(=O)=O. The smallest absolute Gasteiger partial charge is 0.157 e. The first-order valence-corrected chi connectivity index (χ1v) is 9.30. The van der Waals surface area contributed by atoms with Crippen LogP contribution in [-0.2, 0) is 16.4 Å². The lowest BCUT2D eigenvalue weighted by molar-refractivity contribution is 0.242. The number of pyridine rings is 1. The minimum absolute atomic E-state index is 0.207. The van der Waals surface area contributed by atoms with E-state index in [1.165, 1.54) is 0 Å². The number of nitrogens with zero attached hydrogens (tertiary/aromatic N) is 2. The fraction of sp³-hybridized carbons (Fsp3) is 0.438. The molecule has 1 aliphatic heterocycles. The van der Waals surface area contributed by atoms with Crippen molar-refractivity contribution >= 4 is 32.3 Å². The van der Waals surface area contributed by atoms with Crippen molar-refractivity contribution < 1.29 is 8.42 Å². The summed E-state index contributed by atoms with van der Waals surface area (Å²) in [6.45, 7) is 5.37. The number of rotatable bonds is 2. The van der Waals surface area contributed by atoms with E-state index in [0.29, 0.717) is 24.7 Å². The minimum atomic E-state index is -3.01. The number of hydrogen-bond donors (Lipinski definition) is 0. The fourth-order valence-electron chi connectivity index (χ4n) is 2.94. The van der Waals surface area contributed by atoms with Gasteiger partial charge in [0, 0.05) is 36.2 Å². The molecule has 1 aliphatic rings. The molecule has 0 N–H and O–H groups in total. The highest BCUT2D eigenvalue weighted by Gasteiger charge is 2.39. The van der Waals surface area contributed by atoms with E-state index in [2.05, 4.69) is 9.88 Å². The second-order valence-corrected chi connectivity index (χ2v) is 9.55. The Bertz CT molecular complexity index is 818. The molecule has 3 rings (SSSR count). The number of fused-ring (bicyclic) bond motifs is 1. The zero-order chi connectivity index (χ0) is 16.0. The maximum atomic E-state index is 12.1. The van der Waals surface area contributed by atoms with Crippen LogP contribution in [0, 0.1) is 0 Å². The van der Waals surface area contributed by atoms with Gasteiger partial charge in [0.2, 0.25) is 0 Å². The summed E-state index contributed by atoms with van der Waals surface area (Å²) in [5, 5.41) is 1.62. The molecule has 0 radical (unpaired) electrons. The van der Waals surface area contributed by atoms with Gasteiger partial charge in [-0.2, -0.15) is 0 Å². The highest BCUT2D eigenvalue weighted by atomic mass is 35.5. The van der Waals surface area contributed by atoms with E-state index in [1.807, 2.05) is 24.3 Å². The van der Waals surface area contributed by atoms with Crippen LogP contribution in [0.1, 0.15) is 19.4 Å². The maximum Gasteiger partial charge on any atom is 0.157 e. The van der Waals surface area contributed by atoms with Gasteiger partial charge in [0.05, 0.1) is 16.0 Å². The largest absolute Gasteiger partial charge is 0.296 e. The van der Waals surface area contributed by atoms with Gasteiger partial charge in [-0.3, -0.25) is 9.88 Å². The number of aromatic nitrogens is 1. The quantitative estimate of drug-likeness (QED) is 0.844. The summed E-state index contributed by atoms with van der Waals surface area (Å²) in [7, 11) is -3.01. The molecule has 1 aromatic heterocycles. The van der Waals surface area contributed by atoms with Crippen molar-refractivity contribution in [3.63, 3.8) is 0 Å². The molecule has 0 spiro atoms. The minimum Gasteiger partial charge on any atom is -0.296 e. The van der Waals surface area contributed by atoms with Gasteiger partial charge >= 0.3 is 0 Å². The molecule has 0 bridgehead atoms. The predicted octanol–water partition coefficient (Wildman–Crippen LogP) is 2.90. The highest BCUT2D eigenvalue weighted by Crippen LogP contribution is 2.28. The average Bonchev–Trinajstić information content (AvgIpc) is 2.46.